The predicted octanol–water partition coefficient (Wildman–Crippen LogP) is 1.09. The van der Waals surface area contributed by atoms with Crippen LogP contribution >= 0.6 is 0 Å². The van der Waals surface area contributed by atoms with Gasteiger partial charge in [0.1, 0.15) is 29.8 Å². The molecule has 0 fully saturated rings. The number of aliphatic imine (C=N–C) groups is 1. The van der Waals surface area contributed by atoms with E-state index in [2.05, 4.69) is 15.6 Å². The van der Waals surface area contributed by atoms with Gasteiger partial charge in [0.25, 0.3) is 0 Å². The molecule has 0 saturated carbocycles. The van der Waals surface area contributed by atoms with E-state index < -0.39 is 48.0 Å². The molecule has 0 radical (unpaired) electrons. The Hall–Kier alpha value is -2.90. The van der Waals surface area contributed by atoms with Crippen molar-refractivity contribution in [3.63, 3.8) is 0 Å². The summed E-state index contributed by atoms with van der Waals surface area (Å²) < 4.78 is 27.2. The highest BCUT2D eigenvalue weighted by atomic mass is 19.1. The number of benzene rings is 1. The number of ketones is 1. The van der Waals surface area contributed by atoms with Crippen molar-refractivity contribution < 1.29 is 23.2 Å². The molecule has 2 amide bonds. The van der Waals surface area contributed by atoms with Gasteiger partial charge < -0.3 is 10.6 Å². The standard InChI is InChI=1S/C18H19F2N3O3/c1-10-17(25)15(7-4-8-21-10)23-18(26)11(2)22-16(24)9-12-13(19)5-3-6-14(12)20/h3-8,10-11,15H,9H2,1-2H3,(H,22,24)(H,23,26)/t10?,11-,15?/m0/s1. The molecule has 0 aromatic heterocycles. The van der Waals surface area contributed by atoms with E-state index in [0.717, 1.165) is 12.1 Å². The van der Waals surface area contributed by atoms with Gasteiger partial charge in [0.15, 0.2) is 5.78 Å². The average Bonchev–Trinajstić information content (AvgIpc) is 2.74. The molecule has 1 aromatic rings. The average molecular weight is 363 g/mol. The van der Waals surface area contributed by atoms with Gasteiger partial charge in [-0.05, 0) is 32.1 Å². The molecule has 0 bridgehead atoms. The number of nitrogens with one attached hydrogen (secondary N) is 2. The zero-order valence-electron chi connectivity index (χ0n) is 14.3. The molecule has 138 valence electrons. The fraction of sp³-hybridized carbons (Fsp3) is 0.333. The van der Waals surface area contributed by atoms with Crippen molar-refractivity contribution in [1.29, 1.82) is 0 Å². The Kier molecular flexibility index (Phi) is 6.32. The van der Waals surface area contributed by atoms with Crippen LogP contribution in [0.15, 0.2) is 35.3 Å². The lowest BCUT2D eigenvalue weighted by atomic mass is 10.1. The molecule has 2 N–H and O–H groups in total. The fourth-order valence-corrected chi connectivity index (χ4v) is 2.39. The largest absolute Gasteiger partial charge is 0.344 e. The lowest BCUT2D eigenvalue weighted by molar-refractivity contribution is -0.130. The van der Waals surface area contributed by atoms with E-state index in [1.807, 2.05) is 0 Å². The summed E-state index contributed by atoms with van der Waals surface area (Å²) in [4.78, 5) is 40.2. The summed E-state index contributed by atoms with van der Waals surface area (Å²) in [5.41, 5.74) is -0.370. The number of carbonyl (C=O) groups is 3. The van der Waals surface area contributed by atoms with Crippen molar-refractivity contribution >= 4 is 23.8 Å². The second kappa shape index (κ2) is 8.46. The molecule has 0 spiro atoms. The zero-order chi connectivity index (χ0) is 19.3. The summed E-state index contributed by atoms with van der Waals surface area (Å²) >= 11 is 0. The number of nitrogens with zero attached hydrogens (tertiary/aromatic N) is 1. The first-order valence-corrected chi connectivity index (χ1v) is 8.06. The van der Waals surface area contributed by atoms with E-state index in [1.165, 1.54) is 25.3 Å². The van der Waals surface area contributed by atoms with Gasteiger partial charge >= 0.3 is 0 Å². The molecule has 0 aliphatic carbocycles. The van der Waals surface area contributed by atoms with Crippen LogP contribution in [-0.4, -0.2) is 41.9 Å². The second-order valence-corrected chi connectivity index (χ2v) is 5.91. The maximum Gasteiger partial charge on any atom is 0.243 e. The molecule has 26 heavy (non-hydrogen) atoms. The Labute approximate surface area is 149 Å². The van der Waals surface area contributed by atoms with Crippen LogP contribution in [0.3, 0.4) is 0 Å². The lowest BCUT2D eigenvalue weighted by Crippen LogP contribution is -2.51. The highest BCUT2D eigenvalue weighted by Gasteiger charge is 2.26. The van der Waals surface area contributed by atoms with Crippen LogP contribution in [0.25, 0.3) is 0 Å². The van der Waals surface area contributed by atoms with Crippen LogP contribution in [0.1, 0.15) is 19.4 Å². The summed E-state index contributed by atoms with van der Waals surface area (Å²) in [7, 11) is 0. The molecule has 8 heteroatoms. The van der Waals surface area contributed by atoms with Gasteiger partial charge in [-0.25, -0.2) is 8.78 Å². The van der Waals surface area contributed by atoms with Crippen molar-refractivity contribution in [3.8, 4) is 0 Å². The van der Waals surface area contributed by atoms with Gasteiger partial charge in [0, 0.05) is 11.8 Å². The number of amides is 2. The third kappa shape index (κ3) is 4.81. The number of allylic oxidation sites excluding steroid dienone is 1. The number of Topliss-reactive ketones (excluding diaryl/α,β-unsaturated/α-hetero) is 1. The quantitative estimate of drug-likeness (QED) is 0.821. The monoisotopic (exact) mass is 363 g/mol. The smallest absolute Gasteiger partial charge is 0.243 e. The summed E-state index contributed by atoms with van der Waals surface area (Å²) in [5, 5.41) is 4.88. The van der Waals surface area contributed by atoms with Crippen LogP contribution in [-0.2, 0) is 20.8 Å². The first-order valence-electron chi connectivity index (χ1n) is 8.06. The molecule has 0 saturated heterocycles. The molecular formula is C18H19F2N3O3. The maximum absolute atomic E-state index is 13.6. The second-order valence-electron chi connectivity index (χ2n) is 5.91. The predicted molar refractivity (Wildman–Crippen MR) is 91.7 cm³/mol. The van der Waals surface area contributed by atoms with E-state index in [1.54, 1.807) is 13.0 Å². The molecular weight excluding hydrogens is 344 g/mol. The minimum absolute atomic E-state index is 0.282. The van der Waals surface area contributed by atoms with Crippen LogP contribution in [0.4, 0.5) is 8.78 Å². The van der Waals surface area contributed by atoms with Crippen molar-refractivity contribution in [2.75, 3.05) is 0 Å². The van der Waals surface area contributed by atoms with E-state index in [-0.39, 0.29) is 11.3 Å². The summed E-state index contributed by atoms with van der Waals surface area (Å²) in [6.45, 7) is 3.02. The first-order chi connectivity index (χ1) is 12.3. The van der Waals surface area contributed by atoms with Crippen molar-refractivity contribution in [3.05, 3.63) is 47.5 Å². The molecule has 1 aliphatic heterocycles. The third-order valence-corrected chi connectivity index (χ3v) is 3.89. The third-order valence-electron chi connectivity index (χ3n) is 3.89. The molecule has 1 aromatic carbocycles. The Bertz CT molecular complexity index is 757. The minimum atomic E-state index is -0.988. The summed E-state index contributed by atoms with van der Waals surface area (Å²) in [5.74, 6) is -3.25. The molecule has 2 rings (SSSR count). The van der Waals surface area contributed by atoms with Crippen LogP contribution < -0.4 is 10.6 Å². The molecule has 6 nitrogen and oxygen atoms in total. The van der Waals surface area contributed by atoms with Gasteiger partial charge in [-0.15, -0.1) is 0 Å². The molecule has 3 atom stereocenters. The SMILES string of the molecule is CC1N=CC=CC(NC(=O)[C@H](C)NC(=O)Cc2c(F)cccc2F)C1=O. The molecule has 1 aliphatic rings. The van der Waals surface area contributed by atoms with Gasteiger partial charge in [-0.1, -0.05) is 12.1 Å². The molecule has 2 unspecified atom stereocenters. The first kappa shape index (κ1) is 19.4. The lowest BCUT2D eigenvalue weighted by Gasteiger charge is -2.19. The van der Waals surface area contributed by atoms with Gasteiger partial charge in [0.05, 0.1) is 6.42 Å². The van der Waals surface area contributed by atoms with E-state index in [4.69, 9.17) is 0 Å². The number of hydrogen-bond donors (Lipinski definition) is 2. The Morgan fingerprint density at radius 2 is 1.92 bits per heavy atom. The van der Waals surface area contributed by atoms with E-state index in [9.17, 15) is 23.2 Å². The number of hydrogen-bond acceptors (Lipinski definition) is 4. The number of carbonyl (C=O) groups excluding carboxylic acids is 3. The summed E-state index contributed by atoms with van der Waals surface area (Å²) in [6, 6.07) is 0.861. The van der Waals surface area contributed by atoms with Gasteiger partial charge in [-0.2, -0.15) is 0 Å². The fourth-order valence-electron chi connectivity index (χ4n) is 2.39. The van der Waals surface area contributed by atoms with E-state index in [0.29, 0.717) is 0 Å². The molecule has 1 heterocycles. The topological polar surface area (TPSA) is 87.6 Å². The number of rotatable bonds is 5. The van der Waals surface area contributed by atoms with Crippen LogP contribution in [0, 0.1) is 11.6 Å². The van der Waals surface area contributed by atoms with Crippen molar-refractivity contribution in [1.82, 2.24) is 10.6 Å². The Morgan fingerprint density at radius 1 is 1.27 bits per heavy atom. The van der Waals surface area contributed by atoms with E-state index >= 15 is 0 Å². The normalized spacial score (nSPS) is 20.4. The minimum Gasteiger partial charge on any atom is -0.344 e. The van der Waals surface area contributed by atoms with Crippen molar-refractivity contribution in [2.24, 2.45) is 4.99 Å². The maximum atomic E-state index is 13.6. The van der Waals surface area contributed by atoms with Gasteiger partial charge in [-0.3, -0.25) is 19.4 Å². The zero-order valence-corrected chi connectivity index (χ0v) is 14.3. The Morgan fingerprint density at radius 3 is 2.58 bits per heavy atom. The highest BCUT2D eigenvalue weighted by Crippen LogP contribution is 2.12. The Balaban J connectivity index is 1.94. The summed E-state index contributed by atoms with van der Waals surface area (Å²) in [6.07, 6.45) is 3.99. The van der Waals surface area contributed by atoms with Crippen molar-refractivity contribution in [2.45, 2.75) is 38.4 Å². The van der Waals surface area contributed by atoms with Crippen LogP contribution in [0.5, 0.6) is 0 Å². The van der Waals surface area contributed by atoms with Crippen LogP contribution in [0.2, 0.25) is 0 Å². The highest BCUT2D eigenvalue weighted by molar-refractivity contribution is 5.98. The van der Waals surface area contributed by atoms with Gasteiger partial charge in [0.2, 0.25) is 11.8 Å². The number of halogens is 2.